The summed E-state index contributed by atoms with van der Waals surface area (Å²) in [6.45, 7) is 15.3. The number of nitrogens with one attached hydrogen (secondary N) is 1. The van der Waals surface area contributed by atoms with Crippen LogP contribution < -0.4 is 5.32 Å². The molecular weight excluding hydrogens is 242 g/mol. The van der Waals surface area contributed by atoms with E-state index in [1.807, 2.05) is 0 Å². The van der Waals surface area contributed by atoms with E-state index < -0.39 is 0 Å². The number of hydrogen-bond donors (Lipinski definition) is 1. The average molecular weight is 273 g/mol. The van der Waals surface area contributed by atoms with Gasteiger partial charge in [0.2, 0.25) is 0 Å². The third kappa shape index (κ3) is 2.79. The molecule has 1 nitrogen and oxygen atoms in total. The van der Waals surface area contributed by atoms with E-state index in [2.05, 4.69) is 71.1 Å². The second kappa shape index (κ2) is 5.52. The van der Waals surface area contributed by atoms with Crippen LogP contribution in [0.2, 0.25) is 0 Å². The summed E-state index contributed by atoms with van der Waals surface area (Å²) >= 11 is 0. The molecule has 0 bridgehead atoms. The fourth-order valence-corrected chi connectivity index (χ4v) is 3.98. The number of rotatable bonds is 6. The molecule has 2 rings (SSSR count). The molecule has 1 fully saturated rings. The van der Waals surface area contributed by atoms with Crippen molar-refractivity contribution in [2.24, 2.45) is 16.7 Å². The third-order valence-electron chi connectivity index (χ3n) is 5.73. The van der Waals surface area contributed by atoms with E-state index in [0.29, 0.717) is 16.9 Å². The maximum atomic E-state index is 3.81. The van der Waals surface area contributed by atoms with Crippen LogP contribution >= 0.6 is 0 Å². The Morgan fingerprint density at radius 3 is 2.30 bits per heavy atom. The molecule has 1 aromatic rings. The van der Waals surface area contributed by atoms with Crippen molar-refractivity contribution in [3.63, 3.8) is 0 Å². The third-order valence-corrected chi connectivity index (χ3v) is 5.73. The number of aryl methyl sites for hydroxylation is 1. The minimum absolute atomic E-state index is 0.447. The Morgan fingerprint density at radius 2 is 1.80 bits per heavy atom. The molecule has 0 spiro atoms. The predicted octanol–water partition coefficient (Wildman–Crippen LogP) is 4.59. The number of hydrogen-bond acceptors (Lipinski definition) is 1. The van der Waals surface area contributed by atoms with E-state index in [1.54, 1.807) is 0 Å². The van der Waals surface area contributed by atoms with E-state index in [1.165, 1.54) is 17.5 Å². The average Bonchev–Trinajstić information content (AvgIpc) is 2.76. The van der Waals surface area contributed by atoms with Crippen LogP contribution in [0.3, 0.4) is 0 Å². The Bertz CT molecular complexity index is 445. The Kier molecular flexibility index (Phi) is 4.30. The van der Waals surface area contributed by atoms with Gasteiger partial charge in [0.05, 0.1) is 0 Å². The maximum absolute atomic E-state index is 3.81. The molecule has 0 aromatic heterocycles. The molecule has 1 N–H and O–H groups in total. The first-order valence-electron chi connectivity index (χ1n) is 8.09. The van der Waals surface area contributed by atoms with Gasteiger partial charge >= 0.3 is 0 Å². The summed E-state index contributed by atoms with van der Waals surface area (Å²) in [4.78, 5) is 0. The van der Waals surface area contributed by atoms with Crippen molar-refractivity contribution >= 4 is 0 Å². The van der Waals surface area contributed by atoms with E-state index in [4.69, 9.17) is 0 Å². The van der Waals surface area contributed by atoms with Crippen LogP contribution in [-0.2, 0) is 6.42 Å². The molecule has 1 aliphatic carbocycles. The summed E-state index contributed by atoms with van der Waals surface area (Å²) in [5.74, 6) is 0.766. The summed E-state index contributed by atoms with van der Waals surface area (Å²) in [7, 11) is 0. The lowest BCUT2D eigenvalue weighted by atomic mass is 9.96. The van der Waals surface area contributed by atoms with Crippen LogP contribution in [-0.4, -0.2) is 12.6 Å². The zero-order valence-corrected chi connectivity index (χ0v) is 14.1. The molecule has 0 aliphatic heterocycles. The van der Waals surface area contributed by atoms with Gasteiger partial charge < -0.3 is 5.32 Å². The summed E-state index contributed by atoms with van der Waals surface area (Å²) in [6.07, 6.45) is 2.36. The lowest BCUT2D eigenvalue weighted by Gasteiger charge is -2.21. The van der Waals surface area contributed by atoms with E-state index in [0.717, 1.165) is 18.9 Å². The number of benzene rings is 1. The van der Waals surface area contributed by atoms with Crippen LogP contribution in [0.1, 0.15) is 52.2 Å². The molecule has 1 aliphatic rings. The Morgan fingerprint density at radius 1 is 1.15 bits per heavy atom. The minimum atomic E-state index is 0.447. The first-order valence-corrected chi connectivity index (χ1v) is 8.09. The second-order valence-corrected chi connectivity index (χ2v) is 7.67. The highest BCUT2D eigenvalue weighted by molar-refractivity contribution is 5.25. The van der Waals surface area contributed by atoms with Gasteiger partial charge in [0.1, 0.15) is 0 Å². The van der Waals surface area contributed by atoms with Crippen molar-refractivity contribution < 1.29 is 0 Å². The molecule has 0 radical (unpaired) electrons. The predicted molar refractivity (Wildman–Crippen MR) is 88.0 cm³/mol. The summed E-state index contributed by atoms with van der Waals surface area (Å²) in [5, 5.41) is 3.81. The topological polar surface area (TPSA) is 12.0 Å². The van der Waals surface area contributed by atoms with Crippen molar-refractivity contribution in [3.05, 3.63) is 35.4 Å². The van der Waals surface area contributed by atoms with Gasteiger partial charge in [-0.15, -0.1) is 0 Å². The van der Waals surface area contributed by atoms with Gasteiger partial charge in [0.25, 0.3) is 0 Å². The Hall–Kier alpha value is -0.820. The molecular formula is C19H31N. The van der Waals surface area contributed by atoms with Crippen molar-refractivity contribution in [1.82, 2.24) is 5.32 Å². The fraction of sp³-hybridized carbons (Fsp3) is 0.684. The largest absolute Gasteiger partial charge is 0.313 e. The minimum Gasteiger partial charge on any atom is -0.313 e. The monoisotopic (exact) mass is 273 g/mol. The highest BCUT2D eigenvalue weighted by Crippen LogP contribution is 2.69. The van der Waals surface area contributed by atoms with Gasteiger partial charge in [0, 0.05) is 6.04 Å². The van der Waals surface area contributed by atoms with Crippen molar-refractivity contribution in [3.8, 4) is 0 Å². The highest BCUT2D eigenvalue weighted by Gasteiger charge is 2.66. The molecule has 20 heavy (non-hydrogen) atoms. The summed E-state index contributed by atoms with van der Waals surface area (Å²) < 4.78 is 0. The Labute approximate surface area is 125 Å². The summed E-state index contributed by atoms with van der Waals surface area (Å²) in [5.41, 5.74) is 3.73. The summed E-state index contributed by atoms with van der Waals surface area (Å²) in [6, 6.07) is 9.58. The quantitative estimate of drug-likeness (QED) is 0.799. The maximum Gasteiger partial charge on any atom is 0.0146 e. The molecule has 0 heterocycles. The van der Waals surface area contributed by atoms with Gasteiger partial charge in [-0.05, 0) is 48.6 Å². The van der Waals surface area contributed by atoms with Crippen LogP contribution in [0.25, 0.3) is 0 Å². The van der Waals surface area contributed by atoms with Crippen LogP contribution in [0.15, 0.2) is 24.3 Å². The molecule has 1 saturated carbocycles. The first kappa shape index (κ1) is 15.6. The van der Waals surface area contributed by atoms with Gasteiger partial charge in [-0.1, -0.05) is 64.4 Å². The second-order valence-electron chi connectivity index (χ2n) is 7.67. The molecule has 1 atom stereocenters. The molecule has 1 aromatic carbocycles. The molecule has 1 heteroatoms. The van der Waals surface area contributed by atoms with Crippen LogP contribution in [0.4, 0.5) is 0 Å². The lowest BCUT2D eigenvalue weighted by Crippen LogP contribution is -2.36. The van der Waals surface area contributed by atoms with Crippen molar-refractivity contribution in [2.75, 3.05) is 6.54 Å². The molecule has 0 amide bonds. The smallest absolute Gasteiger partial charge is 0.0146 e. The Balaban J connectivity index is 2.13. The van der Waals surface area contributed by atoms with Crippen molar-refractivity contribution in [1.29, 1.82) is 0 Å². The van der Waals surface area contributed by atoms with Gasteiger partial charge in [-0.2, -0.15) is 0 Å². The highest BCUT2D eigenvalue weighted by atomic mass is 15.0. The standard InChI is InChI=1S/C19H31N/c1-7-11-20-16(17-18(3,4)19(17,5)6)13-15-10-8-9-14(2)12-15/h8-10,12,16-17,20H,7,11,13H2,1-6H3. The van der Waals surface area contributed by atoms with E-state index in [9.17, 15) is 0 Å². The molecule has 1 unspecified atom stereocenters. The SMILES string of the molecule is CCCNC(Cc1cccc(C)c1)C1C(C)(C)C1(C)C. The normalized spacial score (nSPS) is 21.7. The van der Waals surface area contributed by atoms with Gasteiger partial charge in [0.15, 0.2) is 0 Å². The van der Waals surface area contributed by atoms with Gasteiger partial charge in [-0.3, -0.25) is 0 Å². The zero-order valence-electron chi connectivity index (χ0n) is 14.1. The van der Waals surface area contributed by atoms with E-state index in [-0.39, 0.29) is 0 Å². The molecule has 0 saturated heterocycles. The zero-order chi connectivity index (χ0) is 15.0. The first-order chi connectivity index (χ1) is 9.30. The lowest BCUT2D eigenvalue weighted by molar-refractivity contribution is 0.395. The molecule has 112 valence electrons. The van der Waals surface area contributed by atoms with Crippen LogP contribution in [0.5, 0.6) is 0 Å². The fourth-order valence-electron chi connectivity index (χ4n) is 3.98. The van der Waals surface area contributed by atoms with Gasteiger partial charge in [-0.25, -0.2) is 0 Å². The van der Waals surface area contributed by atoms with E-state index >= 15 is 0 Å². The van der Waals surface area contributed by atoms with Crippen LogP contribution in [0, 0.1) is 23.7 Å². The van der Waals surface area contributed by atoms with Crippen molar-refractivity contribution in [2.45, 2.75) is 60.4 Å².